The van der Waals surface area contributed by atoms with E-state index in [4.69, 9.17) is 0 Å². The summed E-state index contributed by atoms with van der Waals surface area (Å²) in [6.45, 7) is 2.74. The molecule has 104 valence electrons. The number of rotatable bonds is 6. The molecule has 0 spiro atoms. The lowest BCUT2D eigenvalue weighted by Gasteiger charge is -2.05. The molecule has 0 atom stereocenters. The predicted octanol–water partition coefficient (Wildman–Crippen LogP) is 2.75. The van der Waals surface area contributed by atoms with Crippen LogP contribution in [0.25, 0.3) is 0 Å². The molecule has 0 saturated carbocycles. The first-order valence-electron chi connectivity index (χ1n) is 6.04. The molecule has 0 saturated heterocycles. The summed E-state index contributed by atoms with van der Waals surface area (Å²) in [4.78, 5) is 23.4. The van der Waals surface area contributed by atoms with Gasteiger partial charge in [0.25, 0.3) is 0 Å². The largest absolute Gasteiger partial charge is 0.354 e. The Kier molecular flexibility index (Phi) is 4.83. The van der Waals surface area contributed by atoms with Crippen LogP contribution < -0.4 is 5.32 Å². The first-order valence-corrected chi connectivity index (χ1v) is 6.85. The van der Waals surface area contributed by atoms with Crippen molar-refractivity contribution < 1.29 is 4.92 Å². The van der Waals surface area contributed by atoms with Gasteiger partial charge in [0.05, 0.1) is 4.92 Å². The summed E-state index contributed by atoms with van der Waals surface area (Å²) >= 11 is 1.22. The van der Waals surface area contributed by atoms with Crippen LogP contribution in [0.2, 0.25) is 0 Å². The number of anilines is 1. The molecule has 2 aromatic heterocycles. The second-order valence-electron chi connectivity index (χ2n) is 3.85. The van der Waals surface area contributed by atoms with E-state index in [1.165, 1.54) is 18.0 Å². The Labute approximate surface area is 120 Å². The van der Waals surface area contributed by atoms with Gasteiger partial charge in [0.2, 0.25) is 5.95 Å². The maximum Gasteiger partial charge on any atom is 0.320 e. The van der Waals surface area contributed by atoms with E-state index in [0.29, 0.717) is 11.0 Å². The normalized spacial score (nSPS) is 10.2. The van der Waals surface area contributed by atoms with Crippen molar-refractivity contribution in [3.05, 3.63) is 40.8 Å². The fraction of sp³-hybridized carbons (Fsp3) is 0.250. The summed E-state index contributed by atoms with van der Waals surface area (Å²) in [6.07, 6.45) is 5.42. The lowest BCUT2D eigenvalue weighted by molar-refractivity contribution is -0.388. The van der Waals surface area contributed by atoms with Crippen molar-refractivity contribution >= 4 is 23.4 Å². The Bertz CT molecular complexity index is 594. The van der Waals surface area contributed by atoms with Gasteiger partial charge in [0.15, 0.2) is 5.03 Å². The van der Waals surface area contributed by atoms with Gasteiger partial charge in [0.1, 0.15) is 6.20 Å². The highest BCUT2D eigenvalue weighted by Gasteiger charge is 2.18. The first kappa shape index (κ1) is 14.2. The summed E-state index contributed by atoms with van der Waals surface area (Å²) < 4.78 is 0. The molecule has 0 aliphatic heterocycles. The van der Waals surface area contributed by atoms with E-state index in [-0.39, 0.29) is 5.69 Å². The zero-order valence-corrected chi connectivity index (χ0v) is 11.6. The maximum absolute atomic E-state index is 11.0. The number of pyridine rings is 1. The average molecular weight is 291 g/mol. The third-order valence-electron chi connectivity index (χ3n) is 2.33. The predicted molar refractivity (Wildman–Crippen MR) is 75.8 cm³/mol. The van der Waals surface area contributed by atoms with Crippen LogP contribution in [-0.2, 0) is 0 Å². The van der Waals surface area contributed by atoms with Crippen molar-refractivity contribution in [2.75, 3.05) is 11.9 Å². The molecule has 0 fully saturated rings. The average Bonchev–Trinajstić information content (AvgIpc) is 2.46. The summed E-state index contributed by atoms with van der Waals surface area (Å²) in [5, 5.41) is 14.3. The van der Waals surface area contributed by atoms with Crippen LogP contribution in [0, 0.1) is 10.1 Å². The van der Waals surface area contributed by atoms with Gasteiger partial charge >= 0.3 is 5.69 Å². The van der Waals surface area contributed by atoms with Gasteiger partial charge in [-0.1, -0.05) is 18.7 Å². The summed E-state index contributed by atoms with van der Waals surface area (Å²) in [6, 6.07) is 3.55. The summed E-state index contributed by atoms with van der Waals surface area (Å²) in [5.74, 6) is 0.397. The van der Waals surface area contributed by atoms with Gasteiger partial charge in [-0.3, -0.25) is 15.1 Å². The Morgan fingerprint density at radius 3 is 2.80 bits per heavy atom. The lowest BCUT2D eigenvalue weighted by Crippen LogP contribution is -2.06. The monoisotopic (exact) mass is 291 g/mol. The topological polar surface area (TPSA) is 93.8 Å². The van der Waals surface area contributed by atoms with Gasteiger partial charge in [-0.25, -0.2) is 4.98 Å². The number of hydrogen-bond donors (Lipinski definition) is 1. The lowest BCUT2D eigenvalue weighted by atomic mass is 10.5. The summed E-state index contributed by atoms with van der Waals surface area (Å²) in [7, 11) is 0. The number of nitro groups is 1. The highest BCUT2D eigenvalue weighted by Crippen LogP contribution is 2.32. The third kappa shape index (κ3) is 3.64. The number of nitrogens with one attached hydrogen (secondary N) is 1. The maximum atomic E-state index is 11.0. The number of aromatic nitrogens is 3. The zero-order valence-electron chi connectivity index (χ0n) is 10.8. The van der Waals surface area contributed by atoms with Gasteiger partial charge in [-0.15, -0.1) is 0 Å². The minimum absolute atomic E-state index is 0.103. The molecule has 2 rings (SSSR count). The van der Waals surface area contributed by atoms with Crippen LogP contribution in [0.15, 0.2) is 40.6 Å². The number of nitrogens with zero attached hydrogens (tertiary/aromatic N) is 4. The molecule has 0 unspecified atom stereocenters. The quantitative estimate of drug-likeness (QED) is 0.496. The molecular formula is C12H13N5O2S. The van der Waals surface area contributed by atoms with Gasteiger partial charge in [-0.05, 0) is 18.6 Å². The van der Waals surface area contributed by atoms with E-state index in [1.807, 2.05) is 6.92 Å². The van der Waals surface area contributed by atoms with E-state index in [2.05, 4.69) is 20.3 Å². The Morgan fingerprint density at radius 2 is 2.15 bits per heavy atom. The van der Waals surface area contributed by atoms with Gasteiger partial charge in [-0.2, -0.15) is 4.98 Å². The van der Waals surface area contributed by atoms with Crippen LogP contribution in [0.3, 0.4) is 0 Å². The second kappa shape index (κ2) is 6.80. The van der Waals surface area contributed by atoms with Crippen LogP contribution in [0.1, 0.15) is 13.3 Å². The highest BCUT2D eigenvalue weighted by atomic mass is 32.2. The highest BCUT2D eigenvalue weighted by molar-refractivity contribution is 7.99. The zero-order chi connectivity index (χ0) is 14.4. The van der Waals surface area contributed by atoms with Crippen molar-refractivity contribution in [2.24, 2.45) is 0 Å². The molecular weight excluding hydrogens is 278 g/mol. The fourth-order valence-corrected chi connectivity index (χ4v) is 2.25. The smallest absolute Gasteiger partial charge is 0.320 e. The molecule has 20 heavy (non-hydrogen) atoms. The van der Waals surface area contributed by atoms with Crippen LogP contribution >= 0.6 is 11.8 Å². The summed E-state index contributed by atoms with van der Waals surface area (Å²) in [5.41, 5.74) is -0.103. The molecule has 0 aliphatic carbocycles. The fourth-order valence-electron chi connectivity index (χ4n) is 1.40. The van der Waals surface area contributed by atoms with Crippen molar-refractivity contribution in [2.45, 2.75) is 23.3 Å². The van der Waals surface area contributed by atoms with E-state index < -0.39 is 4.92 Å². The van der Waals surface area contributed by atoms with E-state index in [1.54, 1.807) is 24.5 Å². The van der Waals surface area contributed by atoms with E-state index >= 15 is 0 Å². The van der Waals surface area contributed by atoms with Crippen molar-refractivity contribution in [1.29, 1.82) is 0 Å². The van der Waals surface area contributed by atoms with E-state index in [9.17, 15) is 10.1 Å². The molecule has 2 heterocycles. The molecule has 0 amide bonds. The molecule has 2 aromatic rings. The standard InChI is InChI=1S/C12H13N5O2S/c1-2-5-14-12-15-8-10(17(18)19)11(16-12)20-9-3-6-13-7-4-9/h3-4,6-8H,2,5H2,1H3,(H,14,15,16). The third-order valence-corrected chi connectivity index (χ3v) is 3.33. The van der Waals surface area contributed by atoms with Crippen LogP contribution in [0.4, 0.5) is 11.6 Å². The minimum atomic E-state index is -0.479. The van der Waals surface area contributed by atoms with Gasteiger partial charge in [0, 0.05) is 23.8 Å². The molecule has 0 aromatic carbocycles. The molecule has 1 N–H and O–H groups in total. The molecule has 7 nitrogen and oxygen atoms in total. The Morgan fingerprint density at radius 1 is 1.40 bits per heavy atom. The van der Waals surface area contributed by atoms with Crippen LogP contribution in [0.5, 0.6) is 0 Å². The molecule has 8 heteroatoms. The SMILES string of the molecule is CCCNc1ncc([N+](=O)[O-])c(Sc2ccncc2)n1. The van der Waals surface area contributed by atoms with Gasteiger partial charge < -0.3 is 5.32 Å². The minimum Gasteiger partial charge on any atom is -0.354 e. The Balaban J connectivity index is 2.29. The van der Waals surface area contributed by atoms with E-state index in [0.717, 1.165) is 17.9 Å². The van der Waals surface area contributed by atoms with Crippen molar-refractivity contribution in [3.8, 4) is 0 Å². The van der Waals surface area contributed by atoms with Crippen LogP contribution in [-0.4, -0.2) is 26.4 Å². The Hall–Kier alpha value is -2.22. The first-order chi connectivity index (χ1) is 9.70. The van der Waals surface area contributed by atoms with Crippen molar-refractivity contribution in [1.82, 2.24) is 15.0 Å². The van der Waals surface area contributed by atoms with Crippen molar-refractivity contribution in [3.63, 3.8) is 0 Å². The molecule has 0 aliphatic rings. The molecule has 0 bridgehead atoms. The molecule has 0 radical (unpaired) electrons. The number of hydrogen-bond acceptors (Lipinski definition) is 7. The second-order valence-corrected chi connectivity index (χ2v) is 4.92.